The van der Waals surface area contributed by atoms with Crippen molar-refractivity contribution in [2.45, 2.75) is 38.8 Å². The Morgan fingerprint density at radius 3 is 2.73 bits per heavy atom. The third kappa shape index (κ3) is 4.90. The van der Waals surface area contributed by atoms with Gasteiger partial charge in [0.2, 0.25) is 5.91 Å². The topological polar surface area (TPSA) is 79.7 Å². The Kier molecular flexibility index (Phi) is 6.92. The number of rotatable bonds is 6. The van der Waals surface area contributed by atoms with Crippen LogP contribution in [0.15, 0.2) is 48.6 Å². The summed E-state index contributed by atoms with van der Waals surface area (Å²) < 4.78 is 0. The Hall–Kier alpha value is -3.09. The summed E-state index contributed by atoms with van der Waals surface area (Å²) in [5, 5.41) is 11.4. The first kappa shape index (κ1) is 21.6. The minimum atomic E-state index is -0.0693. The second-order valence-corrected chi connectivity index (χ2v) is 7.95. The monoisotopic (exact) mass is 409 g/mol. The number of anilines is 1. The van der Waals surface area contributed by atoms with E-state index in [-0.39, 0.29) is 18.0 Å². The Morgan fingerprint density at radius 2 is 2.03 bits per heavy atom. The van der Waals surface area contributed by atoms with Gasteiger partial charge in [0.1, 0.15) is 5.84 Å². The molecule has 3 rings (SSSR count). The molecule has 7 heteroatoms. The highest BCUT2D eigenvalue weighted by molar-refractivity contribution is 6.01. The summed E-state index contributed by atoms with van der Waals surface area (Å²) in [5.41, 5.74) is 2.58. The second kappa shape index (κ2) is 9.61. The lowest BCUT2D eigenvalue weighted by Gasteiger charge is -2.41. The molecule has 0 radical (unpaired) electrons. The summed E-state index contributed by atoms with van der Waals surface area (Å²) in [5.74, 6) is 0.282. The number of para-hydroxylation sites is 1. The average molecular weight is 410 g/mol. The number of nitrogens with zero attached hydrogens (tertiary/aromatic N) is 3. The molecule has 1 saturated heterocycles. The quantitative estimate of drug-likeness (QED) is 0.327. The van der Waals surface area contributed by atoms with Crippen LogP contribution in [0, 0.1) is 5.41 Å². The van der Waals surface area contributed by atoms with Crippen molar-refractivity contribution in [3.63, 3.8) is 0 Å². The summed E-state index contributed by atoms with van der Waals surface area (Å²) in [4.78, 5) is 30.5. The van der Waals surface area contributed by atoms with Crippen molar-refractivity contribution in [3.8, 4) is 0 Å². The fraction of sp³-hybridized carbons (Fsp3) is 0.435. The highest BCUT2D eigenvalue weighted by atomic mass is 16.2. The predicted molar refractivity (Wildman–Crippen MR) is 120 cm³/mol. The maximum atomic E-state index is 12.5. The molecule has 2 N–H and O–H groups in total. The lowest BCUT2D eigenvalue weighted by molar-refractivity contribution is -0.125. The van der Waals surface area contributed by atoms with Gasteiger partial charge in [0.15, 0.2) is 0 Å². The molecule has 0 spiro atoms. The van der Waals surface area contributed by atoms with Crippen molar-refractivity contribution in [3.05, 3.63) is 54.1 Å². The Balaban J connectivity index is 1.55. The molecule has 0 saturated carbocycles. The third-order valence-corrected chi connectivity index (χ3v) is 5.81. The molecule has 1 aromatic carbocycles. The first-order chi connectivity index (χ1) is 14.4. The molecule has 3 amide bonds. The van der Waals surface area contributed by atoms with Gasteiger partial charge in [-0.3, -0.25) is 10.2 Å². The van der Waals surface area contributed by atoms with E-state index in [4.69, 9.17) is 5.41 Å². The van der Waals surface area contributed by atoms with E-state index in [1.54, 1.807) is 31.0 Å². The summed E-state index contributed by atoms with van der Waals surface area (Å²) >= 11 is 0. The van der Waals surface area contributed by atoms with Crippen molar-refractivity contribution in [2.24, 2.45) is 0 Å². The maximum Gasteiger partial charge on any atom is 0.322 e. The van der Waals surface area contributed by atoms with E-state index in [9.17, 15) is 9.59 Å². The van der Waals surface area contributed by atoms with Crippen LogP contribution in [0.4, 0.5) is 10.5 Å². The number of hydrogen-bond acceptors (Lipinski definition) is 3. The number of amidine groups is 1. The van der Waals surface area contributed by atoms with Crippen LogP contribution >= 0.6 is 0 Å². The number of piperidine rings is 1. The smallest absolute Gasteiger partial charge is 0.322 e. The molecule has 0 unspecified atom stereocenters. The number of carbonyl (C=O) groups is 2. The molecule has 0 atom stereocenters. The van der Waals surface area contributed by atoms with Gasteiger partial charge < -0.3 is 20.0 Å². The van der Waals surface area contributed by atoms with Crippen LogP contribution in [0.25, 0.3) is 0 Å². The second-order valence-electron chi connectivity index (χ2n) is 7.95. The molecule has 2 aliphatic heterocycles. The predicted octanol–water partition coefficient (Wildman–Crippen LogP) is 3.46. The maximum absolute atomic E-state index is 12.5. The van der Waals surface area contributed by atoms with Gasteiger partial charge in [0.05, 0.1) is 0 Å². The number of hydrogen-bond donors (Lipinski definition) is 2. The molecule has 2 heterocycles. The Morgan fingerprint density at radius 1 is 1.33 bits per heavy atom. The molecule has 1 fully saturated rings. The van der Waals surface area contributed by atoms with Crippen LogP contribution in [0.2, 0.25) is 0 Å². The molecule has 0 bridgehead atoms. The molecule has 2 aliphatic rings. The number of benzene rings is 1. The lowest BCUT2D eigenvalue weighted by Crippen LogP contribution is -2.50. The minimum Gasteiger partial charge on any atom is -0.357 e. The molecule has 0 aliphatic carbocycles. The summed E-state index contributed by atoms with van der Waals surface area (Å²) in [7, 11) is 1.76. The molecular formula is C23H31N5O2. The van der Waals surface area contributed by atoms with Crippen molar-refractivity contribution in [1.82, 2.24) is 14.7 Å². The van der Waals surface area contributed by atoms with Gasteiger partial charge >= 0.3 is 6.03 Å². The summed E-state index contributed by atoms with van der Waals surface area (Å²) in [6, 6.07) is 7.99. The first-order valence-electron chi connectivity index (χ1n) is 10.4. The van der Waals surface area contributed by atoms with Crippen LogP contribution in [-0.2, 0) is 11.3 Å². The average Bonchev–Trinajstić information content (AvgIpc) is 2.76. The SMILES string of the molecule is C=CCCN(C)C(=O)/C(C)=C/C(=N)N1CCC(N2Cc3ccccc3NC2=O)CC1. The van der Waals surface area contributed by atoms with Gasteiger partial charge in [-0.05, 0) is 43.9 Å². The highest BCUT2D eigenvalue weighted by Gasteiger charge is 2.31. The summed E-state index contributed by atoms with van der Waals surface area (Å²) in [6.07, 6.45) is 5.79. The van der Waals surface area contributed by atoms with E-state index in [0.717, 1.165) is 30.5 Å². The van der Waals surface area contributed by atoms with Gasteiger partial charge in [0, 0.05) is 50.5 Å². The number of amides is 3. The molecule has 1 aromatic rings. The fourth-order valence-electron chi connectivity index (χ4n) is 3.98. The van der Waals surface area contributed by atoms with Crippen molar-refractivity contribution in [1.29, 1.82) is 5.41 Å². The van der Waals surface area contributed by atoms with E-state index in [1.807, 2.05) is 34.1 Å². The van der Waals surface area contributed by atoms with Gasteiger partial charge in [-0.25, -0.2) is 4.79 Å². The zero-order valence-corrected chi connectivity index (χ0v) is 17.9. The molecule has 7 nitrogen and oxygen atoms in total. The van der Waals surface area contributed by atoms with Crippen LogP contribution in [0.3, 0.4) is 0 Å². The van der Waals surface area contributed by atoms with Crippen LogP contribution in [0.1, 0.15) is 31.7 Å². The van der Waals surface area contributed by atoms with Crippen LogP contribution in [0.5, 0.6) is 0 Å². The Bertz CT molecular complexity index is 855. The minimum absolute atomic E-state index is 0.0499. The lowest BCUT2D eigenvalue weighted by atomic mass is 10.0. The van der Waals surface area contributed by atoms with Crippen molar-refractivity contribution >= 4 is 23.5 Å². The number of urea groups is 1. The molecule has 30 heavy (non-hydrogen) atoms. The highest BCUT2D eigenvalue weighted by Crippen LogP contribution is 2.27. The normalized spacial score (nSPS) is 17.3. The van der Waals surface area contributed by atoms with Gasteiger partial charge in [-0.2, -0.15) is 0 Å². The Labute approximate surface area is 178 Å². The zero-order valence-electron chi connectivity index (χ0n) is 17.9. The van der Waals surface area contributed by atoms with Gasteiger partial charge in [-0.15, -0.1) is 6.58 Å². The number of fused-ring (bicyclic) bond motifs is 1. The van der Waals surface area contributed by atoms with E-state index in [1.165, 1.54) is 0 Å². The van der Waals surface area contributed by atoms with Crippen LogP contribution in [-0.4, -0.2) is 65.2 Å². The van der Waals surface area contributed by atoms with E-state index in [0.29, 0.717) is 37.6 Å². The van der Waals surface area contributed by atoms with Crippen LogP contribution < -0.4 is 5.32 Å². The number of likely N-dealkylation sites (N-methyl/N-ethyl adjacent to an activating group) is 1. The molecule has 0 aromatic heterocycles. The largest absolute Gasteiger partial charge is 0.357 e. The van der Waals surface area contributed by atoms with E-state index >= 15 is 0 Å². The fourth-order valence-corrected chi connectivity index (χ4v) is 3.98. The van der Waals surface area contributed by atoms with Crippen molar-refractivity contribution in [2.75, 3.05) is 32.0 Å². The number of likely N-dealkylation sites (tertiary alicyclic amines) is 1. The van der Waals surface area contributed by atoms with Gasteiger partial charge in [-0.1, -0.05) is 24.3 Å². The van der Waals surface area contributed by atoms with Crippen molar-refractivity contribution < 1.29 is 9.59 Å². The number of nitrogens with one attached hydrogen (secondary N) is 2. The standard InChI is InChI=1S/C23H31N5O2/c1-4-5-12-26(3)22(29)17(2)15-21(24)27-13-10-19(11-14-27)28-16-18-8-6-7-9-20(18)25-23(28)30/h4,6-9,15,19,24H,1,5,10-14,16H2,2-3H3,(H,25,30)/b17-15+,24-21?. The number of carbonyl (C=O) groups excluding carboxylic acids is 2. The van der Waals surface area contributed by atoms with Gasteiger partial charge in [0.25, 0.3) is 0 Å². The third-order valence-electron chi connectivity index (χ3n) is 5.81. The summed E-state index contributed by atoms with van der Waals surface area (Å²) in [6.45, 7) is 8.06. The van der Waals surface area contributed by atoms with E-state index in [2.05, 4.69) is 11.9 Å². The molecular weight excluding hydrogens is 378 g/mol. The zero-order chi connectivity index (χ0) is 21.7. The molecule has 160 valence electrons. The van der Waals surface area contributed by atoms with E-state index < -0.39 is 0 Å². The first-order valence-corrected chi connectivity index (χ1v) is 10.4.